The lowest BCUT2D eigenvalue weighted by molar-refractivity contribution is 0.0526. The molecular weight excluding hydrogens is 394 g/mol. The molecule has 0 atom stereocenters. The molecule has 1 aromatic heterocycles. The van der Waals surface area contributed by atoms with Gasteiger partial charge in [-0.2, -0.15) is 0 Å². The van der Waals surface area contributed by atoms with E-state index in [0.29, 0.717) is 17.9 Å². The predicted octanol–water partition coefficient (Wildman–Crippen LogP) is 6.58. The normalized spacial score (nSPS) is 15.7. The molecule has 4 rings (SSSR count). The SMILES string of the molecule is CCOC(=O)c1ccc(-c2ncc(-c3ccc(O)c(C4(C)CCCCC4)c3)s2)cc1. The van der Waals surface area contributed by atoms with Gasteiger partial charge in [-0.15, -0.1) is 11.3 Å². The minimum absolute atomic E-state index is 0.0365. The summed E-state index contributed by atoms with van der Waals surface area (Å²) in [5.41, 5.74) is 3.68. The van der Waals surface area contributed by atoms with E-state index in [9.17, 15) is 9.90 Å². The van der Waals surface area contributed by atoms with Gasteiger partial charge < -0.3 is 9.84 Å². The quantitative estimate of drug-likeness (QED) is 0.473. The zero-order valence-corrected chi connectivity index (χ0v) is 18.3. The van der Waals surface area contributed by atoms with Crippen LogP contribution in [-0.4, -0.2) is 22.7 Å². The molecule has 156 valence electrons. The van der Waals surface area contributed by atoms with Crippen LogP contribution in [0.25, 0.3) is 21.0 Å². The lowest BCUT2D eigenvalue weighted by Crippen LogP contribution is -2.25. The standard InChI is InChI=1S/C25H27NO3S/c1-3-29-24(28)18-9-7-17(8-10-18)23-26-16-22(30-23)19-11-12-21(27)20(15-19)25(2)13-5-4-6-14-25/h7-12,15-16,27H,3-6,13-14H2,1-2H3. The fourth-order valence-corrected chi connectivity index (χ4v) is 5.20. The maximum Gasteiger partial charge on any atom is 0.338 e. The second-order valence-corrected chi connectivity index (χ2v) is 9.21. The van der Waals surface area contributed by atoms with Crippen LogP contribution in [0.1, 0.15) is 61.9 Å². The monoisotopic (exact) mass is 421 g/mol. The van der Waals surface area contributed by atoms with Crippen molar-refractivity contribution < 1.29 is 14.6 Å². The lowest BCUT2D eigenvalue weighted by atomic mass is 9.70. The zero-order chi connectivity index (χ0) is 21.1. The summed E-state index contributed by atoms with van der Waals surface area (Å²) in [6, 6.07) is 13.3. The van der Waals surface area contributed by atoms with Gasteiger partial charge in [0, 0.05) is 17.3 Å². The molecule has 1 saturated carbocycles. The number of thiazole rings is 1. The average molecular weight is 422 g/mol. The lowest BCUT2D eigenvalue weighted by Gasteiger charge is -2.34. The molecule has 1 aliphatic rings. The molecular formula is C25H27NO3S. The summed E-state index contributed by atoms with van der Waals surface area (Å²) in [6.07, 6.45) is 7.83. The van der Waals surface area contributed by atoms with Crippen LogP contribution in [0.5, 0.6) is 5.75 Å². The van der Waals surface area contributed by atoms with Crippen molar-refractivity contribution in [2.24, 2.45) is 0 Å². The summed E-state index contributed by atoms with van der Waals surface area (Å²) in [5, 5.41) is 11.4. The summed E-state index contributed by atoms with van der Waals surface area (Å²) in [5.74, 6) is 0.0825. The Hall–Kier alpha value is -2.66. The molecule has 0 unspecified atom stereocenters. The van der Waals surface area contributed by atoms with E-state index in [1.165, 1.54) is 19.3 Å². The van der Waals surface area contributed by atoms with Gasteiger partial charge in [-0.1, -0.05) is 38.3 Å². The van der Waals surface area contributed by atoms with Gasteiger partial charge in [0.25, 0.3) is 0 Å². The van der Waals surface area contributed by atoms with Gasteiger partial charge in [0.2, 0.25) is 0 Å². The molecule has 30 heavy (non-hydrogen) atoms. The van der Waals surface area contributed by atoms with E-state index < -0.39 is 0 Å². The molecule has 0 spiro atoms. The van der Waals surface area contributed by atoms with Crippen molar-refractivity contribution in [3.8, 4) is 26.8 Å². The molecule has 0 bridgehead atoms. The van der Waals surface area contributed by atoms with Crippen LogP contribution in [0.2, 0.25) is 0 Å². The predicted molar refractivity (Wildman–Crippen MR) is 121 cm³/mol. The first-order chi connectivity index (χ1) is 14.5. The molecule has 0 radical (unpaired) electrons. The first-order valence-electron chi connectivity index (χ1n) is 10.6. The number of hydrogen-bond acceptors (Lipinski definition) is 5. The molecule has 4 nitrogen and oxygen atoms in total. The number of carbonyl (C=O) groups excluding carboxylic acids is 1. The van der Waals surface area contributed by atoms with Crippen molar-refractivity contribution in [3.05, 3.63) is 59.8 Å². The van der Waals surface area contributed by atoms with Gasteiger partial charge >= 0.3 is 5.97 Å². The van der Waals surface area contributed by atoms with E-state index in [0.717, 1.165) is 39.4 Å². The van der Waals surface area contributed by atoms with Crippen molar-refractivity contribution in [1.29, 1.82) is 0 Å². The van der Waals surface area contributed by atoms with Crippen LogP contribution in [0.4, 0.5) is 0 Å². The van der Waals surface area contributed by atoms with E-state index in [1.807, 2.05) is 30.5 Å². The fraction of sp³-hybridized carbons (Fsp3) is 0.360. The number of aromatic nitrogens is 1. The number of nitrogens with zero attached hydrogens (tertiary/aromatic N) is 1. The third-order valence-electron chi connectivity index (χ3n) is 6.04. The molecule has 1 fully saturated rings. The number of phenols is 1. The zero-order valence-electron chi connectivity index (χ0n) is 17.5. The second kappa shape index (κ2) is 8.60. The van der Waals surface area contributed by atoms with Gasteiger partial charge in [0.05, 0.1) is 17.0 Å². The number of aromatic hydroxyl groups is 1. The first-order valence-corrected chi connectivity index (χ1v) is 11.4. The van der Waals surface area contributed by atoms with Crippen molar-refractivity contribution in [2.45, 2.75) is 51.4 Å². The van der Waals surface area contributed by atoms with Crippen LogP contribution < -0.4 is 0 Å². The Labute approximate surface area is 181 Å². The van der Waals surface area contributed by atoms with Gasteiger partial charge in [0.1, 0.15) is 10.8 Å². The Morgan fingerprint density at radius 1 is 1.10 bits per heavy atom. The Morgan fingerprint density at radius 3 is 2.50 bits per heavy atom. The van der Waals surface area contributed by atoms with E-state index in [-0.39, 0.29) is 11.4 Å². The highest BCUT2D eigenvalue weighted by molar-refractivity contribution is 7.18. The van der Waals surface area contributed by atoms with Crippen LogP contribution in [0, 0.1) is 0 Å². The molecule has 1 N–H and O–H groups in total. The number of phenolic OH excluding ortho intramolecular Hbond substituents is 1. The Morgan fingerprint density at radius 2 is 1.80 bits per heavy atom. The minimum atomic E-state index is -0.309. The summed E-state index contributed by atoms with van der Waals surface area (Å²) in [7, 11) is 0. The number of hydrogen-bond donors (Lipinski definition) is 1. The van der Waals surface area contributed by atoms with E-state index in [4.69, 9.17) is 4.74 Å². The molecule has 0 saturated heterocycles. The van der Waals surface area contributed by atoms with Crippen LogP contribution in [0.3, 0.4) is 0 Å². The van der Waals surface area contributed by atoms with Crippen molar-refractivity contribution in [1.82, 2.24) is 4.98 Å². The Balaban J connectivity index is 1.60. The molecule has 0 amide bonds. The smallest absolute Gasteiger partial charge is 0.338 e. The Kier molecular flexibility index (Phi) is 5.91. The van der Waals surface area contributed by atoms with Crippen LogP contribution in [0.15, 0.2) is 48.7 Å². The Bertz CT molecular complexity index is 1030. The van der Waals surface area contributed by atoms with Crippen molar-refractivity contribution >= 4 is 17.3 Å². The number of benzene rings is 2. The largest absolute Gasteiger partial charge is 0.508 e. The molecule has 0 aliphatic heterocycles. The third kappa shape index (κ3) is 4.12. The van der Waals surface area contributed by atoms with Crippen LogP contribution in [-0.2, 0) is 10.2 Å². The highest BCUT2D eigenvalue weighted by Gasteiger charge is 2.31. The number of rotatable bonds is 5. The van der Waals surface area contributed by atoms with Gasteiger partial charge in [-0.25, -0.2) is 9.78 Å². The van der Waals surface area contributed by atoms with Crippen molar-refractivity contribution in [3.63, 3.8) is 0 Å². The summed E-state index contributed by atoms with van der Waals surface area (Å²) >= 11 is 1.61. The molecule has 3 aromatic rings. The molecule has 5 heteroatoms. The van der Waals surface area contributed by atoms with E-state index in [2.05, 4.69) is 18.0 Å². The topological polar surface area (TPSA) is 59.4 Å². The molecule has 1 heterocycles. The van der Waals surface area contributed by atoms with E-state index >= 15 is 0 Å². The summed E-state index contributed by atoms with van der Waals surface area (Å²) in [4.78, 5) is 17.5. The third-order valence-corrected chi connectivity index (χ3v) is 7.13. The highest BCUT2D eigenvalue weighted by atomic mass is 32.1. The second-order valence-electron chi connectivity index (χ2n) is 8.18. The van der Waals surface area contributed by atoms with Gasteiger partial charge in [-0.3, -0.25) is 0 Å². The first kappa shape index (κ1) is 20.6. The van der Waals surface area contributed by atoms with Crippen molar-refractivity contribution in [2.75, 3.05) is 6.61 Å². The average Bonchev–Trinajstić information content (AvgIpc) is 3.25. The number of carbonyl (C=O) groups is 1. The van der Waals surface area contributed by atoms with E-state index in [1.54, 1.807) is 30.4 Å². The highest BCUT2D eigenvalue weighted by Crippen LogP contribution is 2.44. The number of esters is 1. The maximum atomic E-state index is 11.8. The van der Waals surface area contributed by atoms with Gasteiger partial charge in [-0.05, 0) is 61.1 Å². The minimum Gasteiger partial charge on any atom is -0.508 e. The summed E-state index contributed by atoms with van der Waals surface area (Å²) in [6.45, 7) is 4.44. The number of ether oxygens (including phenoxy) is 1. The molecule has 2 aromatic carbocycles. The fourth-order valence-electron chi connectivity index (χ4n) is 4.28. The summed E-state index contributed by atoms with van der Waals surface area (Å²) < 4.78 is 5.04. The van der Waals surface area contributed by atoms with Crippen LogP contribution >= 0.6 is 11.3 Å². The van der Waals surface area contributed by atoms with Gasteiger partial charge in [0.15, 0.2) is 0 Å². The maximum absolute atomic E-state index is 11.8. The molecule has 1 aliphatic carbocycles.